The molecule has 2 aromatic rings. The molecule has 0 atom stereocenters. The minimum absolute atomic E-state index is 0.115. The first-order valence-electron chi connectivity index (χ1n) is 5.63. The molecule has 0 bridgehead atoms. The minimum atomic E-state index is 0.115. The molecule has 2 heterocycles. The predicted molar refractivity (Wildman–Crippen MR) is 69.0 cm³/mol. The molecule has 1 amide bonds. The Morgan fingerprint density at radius 2 is 2.17 bits per heavy atom. The normalized spacial score (nSPS) is 13.8. The first-order chi connectivity index (χ1) is 8.65. The van der Waals surface area contributed by atoms with Gasteiger partial charge in [0.15, 0.2) is 0 Å². The number of rotatable bonds is 1. The highest BCUT2D eigenvalue weighted by molar-refractivity contribution is 6.01. The van der Waals surface area contributed by atoms with Gasteiger partial charge in [-0.25, -0.2) is 9.97 Å². The number of anilines is 2. The third-order valence-electron chi connectivity index (χ3n) is 3.13. The molecular formula is C13H12N4O. The van der Waals surface area contributed by atoms with Crippen LogP contribution in [-0.4, -0.2) is 22.9 Å². The Balaban J connectivity index is 2.07. The zero-order valence-corrected chi connectivity index (χ0v) is 9.92. The van der Waals surface area contributed by atoms with E-state index in [4.69, 9.17) is 5.73 Å². The van der Waals surface area contributed by atoms with Crippen LogP contribution in [0.3, 0.4) is 0 Å². The van der Waals surface area contributed by atoms with Gasteiger partial charge in [-0.15, -0.1) is 0 Å². The van der Waals surface area contributed by atoms with Crippen LogP contribution in [0.25, 0.3) is 11.3 Å². The first-order valence-corrected chi connectivity index (χ1v) is 5.63. The van der Waals surface area contributed by atoms with Crippen LogP contribution < -0.4 is 10.6 Å². The Bertz CT molecular complexity index is 639. The van der Waals surface area contributed by atoms with Gasteiger partial charge in [-0.2, -0.15) is 0 Å². The number of carbonyl (C=O) groups is 1. The molecule has 0 saturated heterocycles. The molecule has 5 nitrogen and oxygen atoms in total. The maximum atomic E-state index is 11.6. The Kier molecular flexibility index (Phi) is 2.26. The van der Waals surface area contributed by atoms with Crippen LogP contribution in [0.5, 0.6) is 0 Å². The van der Waals surface area contributed by atoms with Crippen LogP contribution in [0.2, 0.25) is 0 Å². The molecule has 1 aliphatic rings. The van der Waals surface area contributed by atoms with Crippen molar-refractivity contribution in [2.75, 3.05) is 17.7 Å². The average Bonchev–Trinajstić information content (AvgIpc) is 2.65. The summed E-state index contributed by atoms with van der Waals surface area (Å²) in [5.74, 6) is 0.366. The maximum Gasteiger partial charge on any atom is 0.231 e. The van der Waals surface area contributed by atoms with Crippen molar-refractivity contribution in [2.24, 2.45) is 0 Å². The van der Waals surface area contributed by atoms with Crippen LogP contribution in [0.15, 0.2) is 30.5 Å². The molecular weight excluding hydrogens is 228 g/mol. The fraction of sp³-hybridized carbons (Fsp3) is 0.154. The molecule has 2 N–H and O–H groups in total. The summed E-state index contributed by atoms with van der Waals surface area (Å²) in [5, 5.41) is 0. The second-order valence-corrected chi connectivity index (χ2v) is 4.27. The van der Waals surface area contributed by atoms with Crippen molar-refractivity contribution in [1.29, 1.82) is 0 Å². The van der Waals surface area contributed by atoms with Crippen molar-refractivity contribution in [1.82, 2.24) is 9.97 Å². The third kappa shape index (κ3) is 1.60. The highest BCUT2D eigenvalue weighted by atomic mass is 16.2. The number of nitrogen functional groups attached to an aromatic ring is 1. The van der Waals surface area contributed by atoms with Crippen molar-refractivity contribution in [3.05, 3.63) is 36.0 Å². The van der Waals surface area contributed by atoms with E-state index in [-0.39, 0.29) is 11.9 Å². The largest absolute Gasteiger partial charge is 0.368 e. The van der Waals surface area contributed by atoms with E-state index in [1.165, 1.54) is 0 Å². The van der Waals surface area contributed by atoms with Crippen molar-refractivity contribution in [3.8, 4) is 11.3 Å². The lowest BCUT2D eigenvalue weighted by molar-refractivity contribution is -0.117. The highest BCUT2D eigenvalue weighted by Gasteiger charge is 2.24. The summed E-state index contributed by atoms with van der Waals surface area (Å²) in [4.78, 5) is 21.3. The second-order valence-electron chi connectivity index (χ2n) is 4.27. The number of nitrogens with zero attached hydrogens (tertiary/aromatic N) is 3. The van der Waals surface area contributed by atoms with Crippen LogP contribution in [0.1, 0.15) is 5.56 Å². The van der Waals surface area contributed by atoms with Gasteiger partial charge in [0.05, 0.1) is 12.1 Å². The molecule has 90 valence electrons. The fourth-order valence-corrected chi connectivity index (χ4v) is 2.16. The number of hydrogen-bond donors (Lipinski definition) is 1. The van der Waals surface area contributed by atoms with Crippen LogP contribution in [0, 0.1) is 0 Å². The second kappa shape index (κ2) is 3.80. The van der Waals surface area contributed by atoms with E-state index >= 15 is 0 Å². The van der Waals surface area contributed by atoms with E-state index in [0.29, 0.717) is 6.42 Å². The Hall–Kier alpha value is -2.43. The standard InChI is InChI=1S/C13H12N4O/c1-17-11-3-2-8(6-9(11)7-12(17)18)10-4-5-15-13(14)16-10/h2-6H,7H2,1H3,(H2,14,15,16). The van der Waals surface area contributed by atoms with Crippen molar-refractivity contribution < 1.29 is 4.79 Å². The number of carbonyl (C=O) groups excluding carboxylic acids is 1. The summed E-state index contributed by atoms with van der Waals surface area (Å²) in [7, 11) is 1.79. The molecule has 0 unspecified atom stereocenters. The highest BCUT2D eigenvalue weighted by Crippen LogP contribution is 2.31. The summed E-state index contributed by atoms with van der Waals surface area (Å²) in [6.07, 6.45) is 2.07. The van der Waals surface area contributed by atoms with Crippen molar-refractivity contribution >= 4 is 17.5 Å². The van der Waals surface area contributed by atoms with Crippen molar-refractivity contribution in [3.63, 3.8) is 0 Å². The zero-order chi connectivity index (χ0) is 12.7. The van der Waals surface area contributed by atoms with E-state index in [1.54, 1.807) is 24.2 Å². The predicted octanol–water partition coefficient (Wildman–Crippen LogP) is 1.24. The average molecular weight is 240 g/mol. The van der Waals surface area contributed by atoms with Gasteiger partial charge in [0, 0.05) is 24.5 Å². The summed E-state index contributed by atoms with van der Waals surface area (Å²) in [6.45, 7) is 0. The molecule has 3 rings (SSSR count). The molecule has 0 spiro atoms. The van der Waals surface area contributed by atoms with Crippen LogP contribution >= 0.6 is 0 Å². The third-order valence-corrected chi connectivity index (χ3v) is 3.13. The van der Waals surface area contributed by atoms with E-state index in [1.807, 2.05) is 18.2 Å². The molecule has 1 aromatic heterocycles. The maximum absolute atomic E-state index is 11.6. The van der Waals surface area contributed by atoms with Gasteiger partial charge >= 0.3 is 0 Å². The van der Waals surface area contributed by atoms with Crippen molar-refractivity contribution in [2.45, 2.75) is 6.42 Å². The molecule has 1 aromatic carbocycles. The van der Waals surface area contributed by atoms with Gasteiger partial charge in [0.25, 0.3) is 0 Å². The molecule has 0 saturated carbocycles. The summed E-state index contributed by atoms with van der Waals surface area (Å²) < 4.78 is 0. The minimum Gasteiger partial charge on any atom is -0.368 e. The van der Waals surface area contributed by atoms with Gasteiger partial charge < -0.3 is 10.6 Å². The number of fused-ring (bicyclic) bond motifs is 1. The molecule has 18 heavy (non-hydrogen) atoms. The monoisotopic (exact) mass is 240 g/mol. The number of nitrogens with two attached hydrogens (primary N) is 1. The SMILES string of the molecule is CN1C(=O)Cc2cc(-c3ccnc(N)n3)ccc21. The molecule has 5 heteroatoms. The lowest BCUT2D eigenvalue weighted by Crippen LogP contribution is -2.20. The van der Waals surface area contributed by atoms with Gasteiger partial charge in [-0.05, 0) is 23.8 Å². The van der Waals surface area contributed by atoms with Gasteiger partial charge in [0.1, 0.15) is 0 Å². The number of hydrogen-bond acceptors (Lipinski definition) is 4. The number of amides is 1. The van der Waals surface area contributed by atoms with Gasteiger partial charge in [0.2, 0.25) is 11.9 Å². The Labute approximate surface area is 104 Å². The first kappa shape index (κ1) is 10.7. The number of aromatic nitrogens is 2. The number of benzene rings is 1. The van der Waals surface area contributed by atoms with E-state index in [2.05, 4.69) is 9.97 Å². The molecule has 1 aliphatic heterocycles. The quantitative estimate of drug-likeness (QED) is 0.814. The molecule has 0 fully saturated rings. The Morgan fingerprint density at radius 1 is 1.33 bits per heavy atom. The molecule has 0 aliphatic carbocycles. The smallest absolute Gasteiger partial charge is 0.231 e. The zero-order valence-electron chi connectivity index (χ0n) is 9.92. The van der Waals surface area contributed by atoms with E-state index < -0.39 is 0 Å². The lowest BCUT2D eigenvalue weighted by Gasteiger charge is -2.10. The van der Waals surface area contributed by atoms with E-state index in [9.17, 15) is 4.79 Å². The fourth-order valence-electron chi connectivity index (χ4n) is 2.16. The van der Waals surface area contributed by atoms with Crippen LogP contribution in [0.4, 0.5) is 11.6 Å². The Morgan fingerprint density at radius 3 is 2.94 bits per heavy atom. The summed E-state index contributed by atoms with van der Waals surface area (Å²) in [5.41, 5.74) is 9.28. The topological polar surface area (TPSA) is 72.1 Å². The lowest BCUT2D eigenvalue weighted by atomic mass is 10.1. The summed E-state index contributed by atoms with van der Waals surface area (Å²) >= 11 is 0. The van der Waals surface area contributed by atoms with E-state index in [0.717, 1.165) is 22.5 Å². The summed E-state index contributed by atoms with van der Waals surface area (Å²) in [6, 6.07) is 7.67. The van der Waals surface area contributed by atoms with Crippen LogP contribution in [-0.2, 0) is 11.2 Å². The number of likely N-dealkylation sites (N-methyl/N-ethyl adjacent to an activating group) is 1. The molecule has 0 radical (unpaired) electrons. The van der Waals surface area contributed by atoms with Gasteiger partial charge in [-0.3, -0.25) is 4.79 Å². The van der Waals surface area contributed by atoms with Gasteiger partial charge in [-0.1, -0.05) is 6.07 Å².